The lowest BCUT2D eigenvalue weighted by Crippen LogP contribution is -2.02. The van der Waals surface area contributed by atoms with Gasteiger partial charge in [-0.25, -0.2) is 19.9 Å². The molecule has 10 rings (SSSR count). The van der Waals surface area contributed by atoms with Crippen LogP contribution in [0.2, 0.25) is 0 Å². The van der Waals surface area contributed by atoms with Crippen molar-refractivity contribution in [2.24, 2.45) is 0 Å². The minimum absolute atomic E-state index is 0.745. The monoisotopic (exact) mass is 680 g/mol. The molecule has 0 saturated carbocycles. The highest BCUT2D eigenvalue weighted by atomic mass is 15.1. The van der Waals surface area contributed by atoms with Gasteiger partial charge in [-0.15, -0.1) is 0 Å². The summed E-state index contributed by atoms with van der Waals surface area (Å²) >= 11 is 0. The largest absolute Gasteiger partial charge is 0.284 e. The Hall–Kier alpha value is -7.05. The number of nitrogens with zero attached hydrogens (tertiary/aromatic N) is 6. The van der Waals surface area contributed by atoms with Gasteiger partial charge < -0.3 is 0 Å². The van der Waals surface area contributed by atoms with Crippen molar-refractivity contribution < 1.29 is 0 Å². The van der Waals surface area contributed by atoms with Crippen molar-refractivity contribution in [2.75, 3.05) is 0 Å². The first-order valence-corrected chi connectivity index (χ1v) is 17.9. The average molecular weight is 681 g/mol. The fourth-order valence-electron chi connectivity index (χ4n) is 7.31. The van der Waals surface area contributed by atoms with Crippen molar-refractivity contribution in [1.82, 2.24) is 29.3 Å². The van der Waals surface area contributed by atoms with E-state index in [9.17, 15) is 0 Å². The Labute approximate surface area is 306 Å². The maximum absolute atomic E-state index is 5.17. The zero-order chi connectivity index (χ0) is 35.1. The molecule has 6 heteroatoms. The highest BCUT2D eigenvalue weighted by Gasteiger charge is 2.17. The zero-order valence-corrected chi connectivity index (χ0v) is 28.8. The quantitative estimate of drug-likeness (QED) is 0.175. The van der Waals surface area contributed by atoms with E-state index in [2.05, 4.69) is 125 Å². The Morgan fingerprint density at radius 1 is 0.453 bits per heavy atom. The molecule has 0 N–H and O–H groups in total. The van der Waals surface area contributed by atoms with Crippen LogP contribution in [0.25, 0.3) is 83.8 Å². The molecule has 250 valence electrons. The topological polar surface area (TPSA) is 68.9 Å². The van der Waals surface area contributed by atoms with Crippen molar-refractivity contribution in [1.29, 1.82) is 0 Å². The predicted molar refractivity (Wildman–Crippen MR) is 215 cm³/mol. The number of benzene rings is 4. The molecule has 53 heavy (non-hydrogen) atoms. The number of rotatable bonds is 6. The van der Waals surface area contributed by atoms with E-state index in [1.807, 2.05) is 54.9 Å². The molecule has 0 spiro atoms. The standard InChI is InChI=1S/C47H32N6/c1-2-10-31(11-3-1)32-20-26-37(27-21-32)46-49-41(30-42(50-46)40-14-6-8-28-48-40)35-22-16-33(17-23-35)34-18-24-36(25-19-34)44-38-12-4-5-13-39(38)45-47(52-44)53-29-9-7-15-43(53)51-45/h1-20,22-26,28-30H,21,27H2. The van der Waals surface area contributed by atoms with Gasteiger partial charge in [-0.3, -0.25) is 9.38 Å². The molecule has 0 bridgehead atoms. The number of imidazole rings is 1. The van der Waals surface area contributed by atoms with Crippen molar-refractivity contribution in [2.45, 2.75) is 12.8 Å². The Balaban J connectivity index is 0.982. The fourth-order valence-corrected chi connectivity index (χ4v) is 7.31. The first-order chi connectivity index (χ1) is 26.2. The summed E-state index contributed by atoms with van der Waals surface area (Å²) in [7, 11) is 0. The van der Waals surface area contributed by atoms with E-state index in [1.54, 1.807) is 0 Å². The van der Waals surface area contributed by atoms with Crippen LogP contribution in [0.15, 0.2) is 170 Å². The molecular weight excluding hydrogens is 649 g/mol. The number of pyridine rings is 3. The summed E-state index contributed by atoms with van der Waals surface area (Å²) in [5.41, 5.74) is 14.2. The second kappa shape index (κ2) is 12.9. The van der Waals surface area contributed by atoms with Crippen LogP contribution < -0.4 is 0 Å². The van der Waals surface area contributed by atoms with E-state index in [4.69, 9.17) is 19.9 Å². The lowest BCUT2D eigenvalue weighted by atomic mass is 9.93. The van der Waals surface area contributed by atoms with E-state index in [-0.39, 0.29) is 0 Å². The van der Waals surface area contributed by atoms with Gasteiger partial charge in [0.2, 0.25) is 0 Å². The second-order valence-corrected chi connectivity index (χ2v) is 13.3. The van der Waals surface area contributed by atoms with E-state index >= 15 is 0 Å². The van der Waals surface area contributed by atoms with E-state index in [0.717, 1.165) is 96.9 Å². The molecule has 0 unspecified atom stereocenters. The van der Waals surface area contributed by atoms with Crippen molar-refractivity contribution >= 4 is 38.7 Å². The van der Waals surface area contributed by atoms with Crippen LogP contribution in [0, 0.1) is 0 Å². The number of aromatic nitrogens is 6. The number of allylic oxidation sites excluding steroid dienone is 4. The molecule has 0 saturated heterocycles. The molecule has 1 aliphatic rings. The summed E-state index contributed by atoms with van der Waals surface area (Å²) in [6.07, 6.45) is 10.0. The smallest absolute Gasteiger partial charge is 0.165 e. The van der Waals surface area contributed by atoms with Crippen LogP contribution in [0.3, 0.4) is 0 Å². The summed E-state index contributed by atoms with van der Waals surface area (Å²) in [5.74, 6) is 0.745. The normalized spacial score (nSPS) is 13.0. The maximum Gasteiger partial charge on any atom is 0.165 e. The van der Waals surface area contributed by atoms with Gasteiger partial charge in [-0.1, -0.05) is 127 Å². The first kappa shape index (κ1) is 30.7. The number of fused-ring (bicyclic) bond motifs is 5. The third-order valence-corrected chi connectivity index (χ3v) is 10.1. The summed E-state index contributed by atoms with van der Waals surface area (Å²) in [6, 6.07) is 50.3. The van der Waals surface area contributed by atoms with Crippen molar-refractivity contribution in [3.05, 3.63) is 182 Å². The SMILES string of the molecule is C1=C(c2ccccc2)CCC(c2nc(-c3ccc(-c4ccc(-c5nc6c(nc7ccccn76)c6ccccc56)cc4)cc3)cc(-c3ccccn3)n2)=C1. The Kier molecular flexibility index (Phi) is 7.50. The predicted octanol–water partition coefficient (Wildman–Crippen LogP) is 11.1. The zero-order valence-electron chi connectivity index (χ0n) is 28.8. The molecule has 0 fully saturated rings. The van der Waals surface area contributed by atoms with Gasteiger partial charge in [-0.05, 0) is 71.0 Å². The van der Waals surface area contributed by atoms with Gasteiger partial charge in [0.05, 0.1) is 22.8 Å². The Bertz CT molecular complexity index is 2850. The van der Waals surface area contributed by atoms with Crippen LogP contribution >= 0.6 is 0 Å². The molecule has 6 nitrogen and oxygen atoms in total. The maximum atomic E-state index is 5.17. The lowest BCUT2D eigenvalue weighted by Gasteiger charge is -2.16. The first-order valence-electron chi connectivity index (χ1n) is 17.9. The molecule has 0 amide bonds. The Morgan fingerprint density at radius 3 is 1.87 bits per heavy atom. The highest BCUT2D eigenvalue weighted by molar-refractivity contribution is 6.09. The third-order valence-electron chi connectivity index (χ3n) is 10.1. The molecule has 5 aromatic heterocycles. The molecular formula is C47H32N6. The molecule has 4 aromatic carbocycles. The average Bonchev–Trinajstić information content (AvgIpc) is 3.63. The molecule has 0 aliphatic heterocycles. The highest BCUT2D eigenvalue weighted by Crippen LogP contribution is 2.35. The van der Waals surface area contributed by atoms with Crippen molar-refractivity contribution in [3.63, 3.8) is 0 Å². The van der Waals surface area contributed by atoms with E-state index in [0.29, 0.717) is 0 Å². The summed E-state index contributed by atoms with van der Waals surface area (Å²) < 4.78 is 2.06. The van der Waals surface area contributed by atoms with Gasteiger partial charge in [0.25, 0.3) is 0 Å². The van der Waals surface area contributed by atoms with Crippen molar-refractivity contribution in [3.8, 4) is 45.0 Å². The third kappa shape index (κ3) is 5.67. The van der Waals surface area contributed by atoms with Gasteiger partial charge >= 0.3 is 0 Å². The molecule has 0 atom stereocenters. The Morgan fingerprint density at radius 2 is 1.11 bits per heavy atom. The molecule has 0 radical (unpaired) electrons. The molecule has 5 heterocycles. The molecule has 9 aromatic rings. The lowest BCUT2D eigenvalue weighted by molar-refractivity contribution is 1.02. The van der Waals surface area contributed by atoms with Crippen LogP contribution in [0.1, 0.15) is 24.2 Å². The van der Waals surface area contributed by atoms with Gasteiger partial charge in [0, 0.05) is 34.3 Å². The fraction of sp³-hybridized carbons (Fsp3) is 0.0426. The van der Waals surface area contributed by atoms with Crippen LogP contribution in [-0.4, -0.2) is 29.3 Å². The number of hydrogen-bond donors (Lipinski definition) is 0. The number of hydrogen-bond acceptors (Lipinski definition) is 5. The van der Waals surface area contributed by atoms with Crippen LogP contribution in [0.4, 0.5) is 0 Å². The summed E-state index contributed by atoms with van der Waals surface area (Å²) in [5, 5.41) is 2.19. The van der Waals surface area contributed by atoms with Gasteiger partial charge in [-0.2, -0.15) is 0 Å². The minimum Gasteiger partial charge on any atom is -0.284 e. The summed E-state index contributed by atoms with van der Waals surface area (Å²) in [4.78, 5) is 24.8. The minimum atomic E-state index is 0.745. The van der Waals surface area contributed by atoms with E-state index < -0.39 is 0 Å². The van der Waals surface area contributed by atoms with Crippen LogP contribution in [-0.2, 0) is 0 Å². The van der Waals surface area contributed by atoms with E-state index in [1.165, 1.54) is 11.1 Å². The second-order valence-electron chi connectivity index (χ2n) is 13.3. The van der Waals surface area contributed by atoms with Gasteiger partial charge in [0.15, 0.2) is 11.5 Å². The van der Waals surface area contributed by atoms with Gasteiger partial charge in [0.1, 0.15) is 11.2 Å². The van der Waals surface area contributed by atoms with Crippen LogP contribution in [0.5, 0.6) is 0 Å². The summed E-state index contributed by atoms with van der Waals surface area (Å²) in [6.45, 7) is 0. The molecule has 1 aliphatic carbocycles.